The highest BCUT2D eigenvalue weighted by Crippen LogP contribution is 2.22. The van der Waals surface area contributed by atoms with Crippen molar-refractivity contribution >= 4 is 10.9 Å². The lowest BCUT2D eigenvalue weighted by Gasteiger charge is -2.03. The van der Waals surface area contributed by atoms with E-state index in [1.165, 1.54) is 10.9 Å². The Hall–Kier alpha value is -2.54. The summed E-state index contributed by atoms with van der Waals surface area (Å²) in [5.74, 6) is 1.24. The predicted octanol–water partition coefficient (Wildman–Crippen LogP) is 1.33. The first-order chi connectivity index (χ1) is 10.8. The Labute approximate surface area is 125 Å². The van der Waals surface area contributed by atoms with Crippen molar-refractivity contribution in [3.63, 3.8) is 0 Å². The van der Waals surface area contributed by atoms with E-state index in [1.807, 2.05) is 18.2 Å². The highest BCUT2D eigenvalue weighted by atomic mass is 16.5. The lowest BCUT2D eigenvalue weighted by molar-refractivity contribution is 0.192. The van der Waals surface area contributed by atoms with Gasteiger partial charge in [-0.1, -0.05) is 17.3 Å². The van der Waals surface area contributed by atoms with Gasteiger partial charge in [0.05, 0.1) is 23.8 Å². The molecule has 7 nitrogen and oxygen atoms in total. The molecule has 3 aromatic rings. The van der Waals surface area contributed by atoms with Gasteiger partial charge in [0.25, 0.3) is 5.56 Å². The average molecular weight is 298 g/mol. The van der Waals surface area contributed by atoms with Gasteiger partial charge in [-0.25, -0.2) is 4.98 Å². The van der Waals surface area contributed by atoms with Crippen LogP contribution < -0.4 is 5.56 Å². The lowest BCUT2D eigenvalue weighted by Crippen LogP contribution is -2.21. The summed E-state index contributed by atoms with van der Waals surface area (Å²) in [7, 11) is 0. The minimum atomic E-state index is -0.116. The molecule has 0 amide bonds. The lowest BCUT2D eigenvalue weighted by atomic mass is 10.1. The van der Waals surface area contributed by atoms with Gasteiger partial charge < -0.3 is 9.26 Å². The van der Waals surface area contributed by atoms with Crippen LogP contribution in [-0.4, -0.2) is 32.9 Å². The maximum Gasteiger partial charge on any atom is 0.261 e. The van der Waals surface area contributed by atoms with Gasteiger partial charge in [0.2, 0.25) is 5.89 Å². The standard InChI is InChI=1S/C15H14N4O3/c20-15-11-3-1-2-4-12(11)16-9-19(15)7-13-17-14(18-22-13)10-5-6-21-8-10/h1-4,9-10H,5-8H2/t10-/m0/s1. The first-order valence-corrected chi connectivity index (χ1v) is 7.15. The van der Waals surface area contributed by atoms with Crippen LogP contribution in [0.4, 0.5) is 0 Å². The average Bonchev–Trinajstić information content (AvgIpc) is 3.21. The zero-order chi connectivity index (χ0) is 14.9. The molecule has 1 atom stereocenters. The third kappa shape index (κ3) is 2.29. The highest BCUT2D eigenvalue weighted by Gasteiger charge is 2.23. The summed E-state index contributed by atoms with van der Waals surface area (Å²) >= 11 is 0. The minimum absolute atomic E-state index is 0.116. The number of ether oxygens (including phenoxy) is 1. The van der Waals surface area contributed by atoms with Crippen molar-refractivity contribution in [2.45, 2.75) is 18.9 Å². The molecule has 0 aliphatic carbocycles. The van der Waals surface area contributed by atoms with Crippen LogP contribution in [0.15, 0.2) is 39.9 Å². The Morgan fingerprint density at radius 3 is 3.09 bits per heavy atom. The zero-order valence-electron chi connectivity index (χ0n) is 11.8. The number of rotatable bonds is 3. The van der Waals surface area contributed by atoms with Crippen LogP contribution >= 0.6 is 0 Å². The van der Waals surface area contributed by atoms with Gasteiger partial charge in [-0.3, -0.25) is 9.36 Å². The first-order valence-electron chi connectivity index (χ1n) is 7.15. The van der Waals surface area contributed by atoms with Crippen LogP contribution in [0.2, 0.25) is 0 Å². The molecule has 0 radical (unpaired) electrons. The van der Waals surface area contributed by atoms with Crippen LogP contribution in [0.3, 0.4) is 0 Å². The number of aromatic nitrogens is 4. The highest BCUT2D eigenvalue weighted by molar-refractivity contribution is 5.76. The Morgan fingerprint density at radius 2 is 2.23 bits per heavy atom. The van der Waals surface area contributed by atoms with E-state index in [9.17, 15) is 4.79 Å². The molecule has 22 heavy (non-hydrogen) atoms. The van der Waals surface area contributed by atoms with Crippen LogP contribution in [0.1, 0.15) is 24.1 Å². The molecule has 0 saturated carbocycles. The molecule has 4 rings (SSSR count). The topological polar surface area (TPSA) is 83.0 Å². The second-order valence-electron chi connectivity index (χ2n) is 5.30. The van der Waals surface area contributed by atoms with Crippen molar-refractivity contribution in [3.05, 3.63) is 52.7 Å². The molecule has 2 aromatic heterocycles. The molecular formula is C15H14N4O3. The van der Waals surface area contributed by atoms with Crippen LogP contribution in [0.25, 0.3) is 10.9 Å². The Balaban J connectivity index is 1.63. The van der Waals surface area contributed by atoms with Gasteiger partial charge in [-0.15, -0.1) is 0 Å². The Kier molecular flexibility index (Phi) is 3.19. The van der Waals surface area contributed by atoms with Gasteiger partial charge in [-0.2, -0.15) is 4.98 Å². The van der Waals surface area contributed by atoms with Crippen LogP contribution in [0.5, 0.6) is 0 Å². The van der Waals surface area contributed by atoms with Crippen molar-refractivity contribution in [1.29, 1.82) is 0 Å². The van der Waals surface area contributed by atoms with Crippen molar-refractivity contribution in [2.75, 3.05) is 13.2 Å². The summed E-state index contributed by atoms with van der Waals surface area (Å²) in [6.07, 6.45) is 2.41. The number of hydrogen-bond acceptors (Lipinski definition) is 6. The summed E-state index contributed by atoms with van der Waals surface area (Å²) in [5, 5.41) is 4.56. The van der Waals surface area contributed by atoms with Gasteiger partial charge in [-0.05, 0) is 18.6 Å². The van der Waals surface area contributed by atoms with Gasteiger partial charge >= 0.3 is 0 Å². The third-order valence-electron chi connectivity index (χ3n) is 3.82. The monoisotopic (exact) mass is 298 g/mol. The quantitative estimate of drug-likeness (QED) is 0.725. The minimum Gasteiger partial charge on any atom is -0.381 e. The fraction of sp³-hybridized carbons (Fsp3) is 0.333. The number of nitrogens with zero attached hydrogens (tertiary/aromatic N) is 4. The fourth-order valence-corrected chi connectivity index (χ4v) is 2.60. The van der Waals surface area contributed by atoms with Crippen LogP contribution in [-0.2, 0) is 11.3 Å². The summed E-state index contributed by atoms with van der Waals surface area (Å²) in [6, 6.07) is 7.25. The molecular weight excluding hydrogens is 284 g/mol. The molecule has 112 valence electrons. The second-order valence-corrected chi connectivity index (χ2v) is 5.30. The van der Waals surface area contributed by atoms with E-state index < -0.39 is 0 Å². The summed E-state index contributed by atoms with van der Waals surface area (Å²) < 4.78 is 12.0. The SMILES string of the molecule is O=c1c2ccccc2ncn1Cc1nc([C@H]2CCOC2)no1. The van der Waals surface area contributed by atoms with Crippen molar-refractivity contribution in [1.82, 2.24) is 19.7 Å². The largest absolute Gasteiger partial charge is 0.381 e. The maximum absolute atomic E-state index is 12.4. The van der Waals surface area contributed by atoms with E-state index in [0.29, 0.717) is 29.2 Å². The molecule has 1 saturated heterocycles. The number of hydrogen-bond donors (Lipinski definition) is 0. The summed E-state index contributed by atoms with van der Waals surface area (Å²) in [5.41, 5.74) is 0.563. The molecule has 1 aromatic carbocycles. The Morgan fingerprint density at radius 1 is 1.32 bits per heavy atom. The smallest absolute Gasteiger partial charge is 0.261 e. The third-order valence-corrected chi connectivity index (χ3v) is 3.82. The van der Waals surface area contributed by atoms with E-state index >= 15 is 0 Å². The van der Waals surface area contributed by atoms with E-state index in [4.69, 9.17) is 9.26 Å². The molecule has 0 N–H and O–H groups in total. The summed E-state index contributed by atoms with van der Waals surface area (Å²) in [6.45, 7) is 1.57. The molecule has 1 aliphatic rings. The molecule has 1 aliphatic heterocycles. The van der Waals surface area contributed by atoms with E-state index in [-0.39, 0.29) is 18.0 Å². The first kappa shape index (κ1) is 13.1. The van der Waals surface area contributed by atoms with Gasteiger partial charge in [0.1, 0.15) is 6.54 Å². The molecule has 0 bridgehead atoms. The van der Waals surface area contributed by atoms with Crippen molar-refractivity contribution in [3.8, 4) is 0 Å². The van der Waals surface area contributed by atoms with E-state index in [0.717, 1.165) is 13.0 Å². The fourth-order valence-electron chi connectivity index (χ4n) is 2.60. The van der Waals surface area contributed by atoms with Crippen molar-refractivity contribution < 1.29 is 9.26 Å². The predicted molar refractivity (Wildman–Crippen MR) is 77.6 cm³/mol. The molecule has 1 fully saturated rings. The zero-order valence-corrected chi connectivity index (χ0v) is 11.8. The van der Waals surface area contributed by atoms with Crippen LogP contribution in [0, 0.1) is 0 Å². The normalized spacial score (nSPS) is 18.1. The second kappa shape index (κ2) is 5.34. The van der Waals surface area contributed by atoms with Gasteiger partial charge in [0.15, 0.2) is 5.82 Å². The number of fused-ring (bicyclic) bond motifs is 1. The van der Waals surface area contributed by atoms with Gasteiger partial charge in [0, 0.05) is 12.5 Å². The number of benzene rings is 1. The number of para-hydroxylation sites is 1. The maximum atomic E-state index is 12.4. The molecule has 7 heteroatoms. The molecule has 3 heterocycles. The van der Waals surface area contributed by atoms with E-state index in [1.54, 1.807) is 6.07 Å². The summed E-state index contributed by atoms with van der Waals surface area (Å²) in [4.78, 5) is 21.0. The Bertz CT molecular complexity index is 864. The van der Waals surface area contributed by atoms with E-state index in [2.05, 4.69) is 15.1 Å². The molecule has 0 spiro atoms. The van der Waals surface area contributed by atoms with Crippen molar-refractivity contribution in [2.24, 2.45) is 0 Å². The molecule has 0 unspecified atom stereocenters.